The van der Waals surface area contributed by atoms with Gasteiger partial charge in [-0.3, -0.25) is 9.69 Å². The van der Waals surface area contributed by atoms with Gasteiger partial charge >= 0.3 is 0 Å². The average Bonchev–Trinajstić information content (AvgIpc) is 2.77. The summed E-state index contributed by atoms with van der Waals surface area (Å²) in [5.41, 5.74) is 3.86. The predicted molar refractivity (Wildman–Crippen MR) is 114 cm³/mol. The summed E-state index contributed by atoms with van der Waals surface area (Å²) in [6.45, 7) is 4.19. The molecule has 1 amide bonds. The molecule has 3 rings (SSSR count). The van der Waals surface area contributed by atoms with Crippen molar-refractivity contribution in [3.8, 4) is 17.2 Å². The largest absolute Gasteiger partial charge is 0.493 e. The minimum atomic E-state index is -0.595. The minimum Gasteiger partial charge on any atom is -0.493 e. The standard InChI is InChI=1S/C23H29FN2O4/c1-16-4-5-20(30-11-7-24)19(12-16)23(27)25-8-10-26-9-6-17-13-21(28-2)22(29-3)14-18(17)15-26/h4-5,12-14H,6-11,15H2,1-3H3,(H,25,27). The highest BCUT2D eigenvalue weighted by Gasteiger charge is 2.20. The van der Waals surface area contributed by atoms with E-state index in [4.69, 9.17) is 14.2 Å². The highest BCUT2D eigenvalue weighted by atomic mass is 19.1. The van der Waals surface area contributed by atoms with E-state index >= 15 is 0 Å². The third kappa shape index (κ3) is 5.21. The first-order chi connectivity index (χ1) is 14.5. The first kappa shape index (κ1) is 21.9. The molecule has 0 radical (unpaired) electrons. The maximum absolute atomic E-state index is 12.6. The summed E-state index contributed by atoms with van der Waals surface area (Å²) < 4.78 is 28.6. The van der Waals surface area contributed by atoms with Crippen molar-refractivity contribution in [1.82, 2.24) is 10.2 Å². The van der Waals surface area contributed by atoms with Crippen LogP contribution in [0, 0.1) is 6.92 Å². The van der Waals surface area contributed by atoms with Crippen LogP contribution in [0.4, 0.5) is 4.39 Å². The molecule has 0 atom stereocenters. The van der Waals surface area contributed by atoms with Crippen LogP contribution >= 0.6 is 0 Å². The monoisotopic (exact) mass is 416 g/mol. The first-order valence-corrected chi connectivity index (χ1v) is 10.1. The molecular formula is C23H29FN2O4. The van der Waals surface area contributed by atoms with Crippen LogP contribution in [-0.2, 0) is 13.0 Å². The van der Waals surface area contributed by atoms with Gasteiger partial charge in [0.25, 0.3) is 5.91 Å². The van der Waals surface area contributed by atoms with Crippen molar-refractivity contribution in [3.63, 3.8) is 0 Å². The van der Waals surface area contributed by atoms with E-state index in [0.29, 0.717) is 17.9 Å². The van der Waals surface area contributed by atoms with Crippen LogP contribution < -0.4 is 19.5 Å². The second-order valence-electron chi connectivity index (χ2n) is 7.30. The van der Waals surface area contributed by atoms with Crippen molar-refractivity contribution < 1.29 is 23.4 Å². The molecule has 162 valence electrons. The number of halogens is 1. The summed E-state index contributed by atoms with van der Waals surface area (Å²) >= 11 is 0. The number of nitrogens with one attached hydrogen (secondary N) is 1. The van der Waals surface area contributed by atoms with Crippen LogP contribution in [0.5, 0.6) is 17.2 Å². The Balaban J connectivity index is 1.58. The van der Waals surface area contributed by atoms with Gasteiger partial charge in [-0.05, 0) is 48.7 Å². The fraction of sp³-hybridized carbons (Fsp3) is 0.435. The molecule has 1 heterocycles. The van der Waals surface area contributed by atoms with Crippen LogP contribution in [-0.4, -0.2) is 57.9 Å². The SMILES string of the molecule is COc1cc2c(cc1OC)CN(CCNC(=O)c1cc(C)ccc1OCCF)CC2. The molecular weight excluding hydrogens is 387 g/mol. The van der Waals surface area contributed by atoms with E-state index in [9.17, 15) is 9.18 Å². The first-order valence-electron chi connectivity index (χ1n) is 10.1. The van der Waals surface area contributed by atoms with Gasteiger partial charge in [0, 0.05) is 26.2 Å². The number of carbonyl (C=O) groups excluding carboxylic acids is 1. The van der Waals surface area contributed by atoms with Gasteiger partial charge in [-0.1, -0.05) is 11.6 Å². The lowest BCUT2D eigenvalue weighted by Gasteiger charge is -2.29. The second kappa shape index (κ2) is 10.3. The zero-order valence-electron chi connectivity index (χ0n) is 17.8. The Morgan fingerprint density at radius 3 is 2.53 bits per heavy atom. The molecule has 0 saturated heterocycles. The topological polar surface area (TPSA) is 60.0 Å². The van der Waals surface area contributed by atoms with Gasteiger partial charge < -0.3 is 19.5 Å². The van der Waals surface area contributed by atoms with Crippen molar-refractivity contribution >= 4 is 5.91 Å². The number of alkyl halides is 1. The summed E-state index contributed by atoms with van der Waals surface area (Å²) in [5.74, 6) is 1.67. The van der Waals surface area contributed by atoms with E-state index in [1.54, 1.807) is 26.4 Å². The molecule has 1 aliphatic rings. The van der Waals surface area contributed by atoms with Gasteiger partial charge in [0.1, 0.15) is 19.0 Å². The summed E-state index contributed by atoms with van der Waals surface area (Å²) in [6, 6.07) is 9.39. The maximum Gasteiger partial charge on any atom is 0.255 e. The van der Waals surface area contributed by atoms with Crippen LogP contribution in [0.3, 0.4) is 0 Å². The number of hydrogen-bond acceptors (Lipinski definition) is 5. The Morgan fingerprint density at radius 2 is 1.83 bits per heavy atom. The normalized spacial score (nSPS) is 13.5. The number of amides is 1. The molecule has 0 aromatic heterocycles. The molecule has 0 aliphatic carbocycles. The van der Waals surface area contributed by atoms with Crippen molar-refractivity contribution in [1.29, 1.82) is 0 Å². The highest BCUT2D eigenvalue weighted by molar-refractivity contribution is 5.97. The third-order valence-corrected chi connectivity index (χ3v) is 5.23. The third-order valence-electron chi connectivity index (χ3n) is 5.23. The van der Waals surface area contributed by atoms with Crippen LogP contribution in [0.1, 0.15) is 27.0 Å². The smallest absolute Gasteiger partial charge is 0.255 e. The van der Waals surface area contributed by atoms with Crippen LogP contribution in [0.15, 0.2) is 30.3 Å². The summed E-state index contributed by atoms with van der Waals surface area (Å²) in [4.78, 5) is 14.9. The lowest BCUT2D eigenvalue weighted by molar-refractivity contribution is 0.0942. The molecule has 0 unspecified atom stereocenters. The van der Waals surface area contributed by atoms with Crippen molar-refractivity contribution in [2.45, 2.75) is 19.9 Å². The molecule has 0 saturated carbocycles. The predicted octanol–water partition coefficient (Wildman–Crippen LogP) is 3.15. The number of nitrogens with zero attached hydrogens (tertiary/aromatic N) is 1. The van der Waals surface area contributed by atoms with E-state index < -0.39 is 6.67 Å². The molecule has 1 aliphatic heterocycles. The van der Waals surface area contributed by atoms with E-state index in [-0.39, 0.29) is 12.5 Å². The highest BCUT2D eigenvalue weighted by Crippen LogP contribution is 2.33. The summed E-state index contributed by atoms with van der Waals surface area (Å²) in [6.07, 6.45) is 0.919. The lowest BCUT2D eigenvalue weighted by atomic mass is 9.99. The summed E-state index contributed by atoms with van der Waals surface area (Å²) in [5, 5.41) is 2.96. The molecule has 6 nitrogen and oxygen atoms in total. The number of ether oxygens (including phenoxy) is 3. The quantitative estimate of drug-likeness (QED) is 0.681. The molecule has 0 fully saturated rings. The number of methoxy groups -OCH3 is 2. The van der Waals surface area contributed by atoms with E-state index in [1.165, 1.54) is 11.1 Å². The zero-order valence-corrected chi connectivity index (χ0v) is 17.8. The number of benzene rings is 2. The van der Waals surface area contributed by atoms with Crippen LogP contribution in [0.25, 0.3) is 0 Å². The molecule has 30 heavy (non-hydrogen) atoms. The Hall–Kier alpha value is -2.80. The summed E-state index contributed by atoms with van der Waals surface area (Å²) in [7, 11) is 3.28. The van der Waals surface area contributed by atoms with Crippen molar-refractivity contribution in [2.24, 2.45) is 0 Å². The van der Waals surface area contributed by atoms with E-state index in [2.05, 4.69) is 10.2 Å². The van der Waals surface area contributed by atoms with Crippen molar-refractivity contribution in [3.05, 3.63) is 52.6 Å². The molecule has 0 spiro atoms. The molecule has 1 N–H and O–H groups in total. The van der Waals surface area contributed by atoms with Gasteiger partial charge in [-0.25, -0.2) is 4.39 Å². The van der Waals surface area contributed by atoms with Gasteiger partial charge in [-0.2, -0.15) is 0 Å². The molecule has 7 heteroatoms. The Kier molecular flexibility index (Phi) is 7.52. The van der Waals surface area contributed by atoms with Gasteiger partial charge in [-0.15, -0.1) is 0 Å². The van der Waals surface area contributed by atoms with Gasteiger partial charge in [0.05, 0.1) is 19.8 Å². The fourth-order valence-corrected chi connectivity index (χ4v) is 3.65. The fourth-order valence-electron chi connectivity index (χ4n) is 3.65. The average molecular weight is 416 g/mol. The minimum absolute atomic E-state index is 0.0647. The van der Waals surface area contributed by atoms with Crippen LogP contribution in [0.2, 0.25) is 0 Å². The molecule has 0 bridgehead atoms. The Bertz CT molecular complexity index is 888. The van der Waals surface area contributed by atoms with E-state index in [1.807, 2.05) is 25.1 Å². The van der Waals surface area contributed by atoms with E-state index in [0.717, 1.165) is 43.1 Å². The van der Waals surface area contributed by atoms with Crippen molar-refractivity contribution in [2.75, 3.05) is 47.1 Å². The number of hydrogen-bond donors (Lipinski definition) is 1. The maximum atomic E-state index is 12.6. The number of fused-ring (bicyclic) bond motifs is 1. The Morgan fingerprint density at radius 1 is 1.10 bits per heavy atom. The number of rotatable bonds is 9. The zero-order chi connectivity index (χ0) is 21.5. The molecule has 2 aromatic rings. The molecule has 2 aromatic carbocycles. The Labute approximate surface area is 176 Å². The lowest BCUT2D eigenvalue weighted by Crippen LogP contribution is -2.38. The van der Waals surface area contributed by atoms with Gasteiger partial charge in [0.2, 0.25) is 0 Å². The second-order valence-corrected chi connectivity index (χ2v) is 7.30. The number of aryl methyl sites for hydroxylation is 1. The van der Waals surface area contributed by atoms with Gasteiger partial charge in [0.15, 0.2) is 11.5 Å². The number of carbonyl (C=O) groups is 1.